The van der Waals surface area contributed by atoms with Gasteiger partial charge in [-0.3, -0.25) is 4.79 Å². The Bertz CT molecular complexity index is 723. The van der Waals surface area contributed by atoms with Crippen LogP contribution >= 0.6 is 12.4 Å². The van der Waals surface area contributed by atoms with Crippen molar-refractivity contribution in [3.63, 3.8) is 0 Å². The van der Waals surface area contributed by atoms with E-state index in [2.05, 4.69) is 15.7 Å². The quantitative estimate of drug-likeness (QED) is 0.855. The van der Waals surface area contributed by atoms with E-state index in [1.165, 1.54) is 18.6 Å². The number of halogens is 2. The fourth-order valence-corrected chi connectivity index (χ4v) is 3.24. The average molecular weight is 367 g/mol. The van der Waals surface area contributed by atoms with Crippen LogP contribution in [0.25, 0.3) is 5.69 Å². The smallest absolute Gasteiger partial charge is 0.255 e. The fraction of sp³-hybridized carbons (Fsp3) is 0.444. The van der Waals surface area contributed by atoms with Crippen LogP contribution in [0.3, 0.4) is 0 Å². The molecule has 0 bridgehead atoms. The number of aryl methyl sites for hydroxylation is 1. The molecular weight excluding hydrogens is 343 g/mol. The molecule has 1 aliphatic heterocycles. The Morgan fingerprint density at radius 1 is 1.36 bits per heavy atom. The number of benzene rings is 1. The molecule has 1 aliphatic rings. The van der Waals surface area contributed by atoms with E-state index < -0.39 is 0 Å². The second-order valence-corrected chi connectivity index (χ2v) is 6.34. The molecule has 1 unspecified atom stereocenters. The summed E-state index contributed by atoms with van der Waals surface area (Å²) in [5, 5.41) is 10.8. The van der Waals surface area contributed by atoms with Gasteiger partial charge in [0.15, 0.2) is 0 Å². The van der Waals surface area contributed by atoms with Crippen molar-refractivity contribution in [3.8, 4) is 5.69 Å². The SMILES string of the molecule is Cc1nn(-c2ccc(F)cc2)c(C)c1C(=O)NCCC1CCNC1.Cl. The van der Waals surface area contributed by atoms with Crippen molar-refractivity contribution in [3.05, 3.63) is 47.0 Å². The molecule has 2 heterocycles. The molecule has 0 saturated carbocycles. The highest BCUT2D eigenvalue weighted by Crippen LogP contribution is 2.18. The highest BCUT2D eigenvalue weighted by Gasteiger charge is 2.20. The van der Waals surface area contributed by atoms with Crippen molar-refractivity contribution in [1.82, 2.24) is 20.4 Å². The molecule has 7 heteroatoms. The number of aromatic nitrogens is 2. The van der Waals surface area contributed by atoms with E-state index in [9.17, 15) is 9.18 Å². The van der Waals surface area contributed by atoms with E-state index >= 15 is 0 Å². The molecular formula is C18H24ClFN4O. The minimum atomic E-state index is -0.292. The number of hydrogen-bond acceptors (Lipinski definition) is 3. The third-order valence-electron chi connectivity index (χ3n) is 4.59. The van der Waals surface area contributed by atoms with Crippen LogP contribution in [0, 0.1) is 25.6 Å². The summed E-state index contributed by atoms with van der Waals surface area (Å²) in [5.74, 6) is 0.262. The summed E-state index contributed by atoms with van der Waals surface area (Å²) in [6, 6.07) is 6.09. The van der Waals surface area contributed by atoms with Crippen molar-refractivity contribution in [2.24, 2.45) is 5.92 Å². The van der Waals surface area contributed by atoms with Crippen molar-refractivity contribution in [2.75, 3.05) is 19.6 Å². The highest BCUT2D eigenvalue weighted by atomic mass is 35.5. The molecule has 136 valence electrons. The molecule has 1 fully saturated rings. The molecule has 1 saturated heterocycles. The molecule has 3 rings (SSSR count). The van der Waals surface area contributed by atoms with Gasteiger partial charge in [-0.15, -0.1) is 12.4 Å². The molecule has 1 aromatic heterocycles. The monoisotopic (exact) mass is 366 g/mol. The van der Waals surface area contributed by atoms with Gasteiger partial charge in [0.25, 0.3) is 5.91 Å². The molecule has 2 N–H and O–H groups in total. The van der Waals surface area contributed by atoms with Gasteiger partial charge in [-0.05, 0) is 70.0 Å². The largest absolute Gasteiger partial charge is 0.352 e. The van der Waals surface area contributed by atoms with Gasteiger partial charge in [0.1, 0.15) is 5.82 Å². The van der Waals surface area contributed by atoms with Gasteiger partial charge >= 0.3 is 0 Å². The number of nitrogens with zero attached hydrogens (tertiary/aromatic N) is 2. The Morgan fingerprint density at radius 2 is 2.08 bits per heavy atom. The summed E-state index contributed by atoms with van der Waals surface area (Å²) in [5.41, 5.74) is 2.79. The molecule has 1 atom stereocenters. The molecule has 1 amide bonds. The van der Waals surface area contributed by atoms with Crippen LogP contribution in [0.2, 0.25) is 0 Å². The summed E-state index contributed by atoms with van der Waals surface area (Å²) in [6.07, 6.45) is 2.17. The Kier molecular flexibility index (Phi) is 6.56. The first-order valence-electron chi connectivity index (χ1n) is 8.37. The maximum atomic E-state index is 13.1. The van der Waals surface area contributed by atoms with Gasteiger partial charge in [-0.25, -0.2) is 9.07 Å². The van der Waals surface area contributed by atoms with Crippen LogP contribution in [0.15, 0.2) is 24.3 Å². The maximum Gasteiger partial charge on any atom is 0.255 e. The number of nitrogens with one attached hydrogen (secondary N) is 2. The van der Waals surface area contributed by atoms with Crippen LogP contribution < -0.4 is 10.6 Å². The number of carbonyl (C=O) groups is 1. The van der Waals surface area contributed by atoms with Gasteiger partial charge in [-0.2, -0.15) is 5.10 Å². The van der Waals surface area contributed by atoms with E-state index in [1.807, 2.05) is 13.8 Å². The minimum absolute atomic E-state index is 0. The van der Waals surface area contributed by atoms with Crippen LogP contribution in [-0.4, -0.2) is 35.3 Å². The number of rotatable bonds is 5. The first kappa shape index (κ1) is 19.4. The summed E-state index contributed by atoms with van der Waals surface area (Å²) < 4.78 is 14.8. The Morgan fingerprint density at radius 3 is 2.72 bits per heavy atom. The van der Waals surface area contributed by atoms with Gasteiger partial charge in [-0.1, -0.05) is 0 Å². The van der Waals surface area contributed by atoms with E-state index in [4.69, 9.17) is 0 Å². The first-order valence-corrected chi connectivity index (χ1v) is 8.37. The van der Waals surface area contributed by atoms with Crippen LogP contribution in [0.4, 0.5) is 4.39 Å². The van der Waals surface area contributed by atoms with E-state index in [0.29, 0.717) is 23.7 Å². The topological polar surface area (TPSA) is 59.0 Å². The lowest BCUT2D eigenvalue weighted by Gasteiger charge is -2.10. The van der Waals surface area contributed by atoms with Crippen LogP contribution in [0.1, 0.15) is 34.6 Å². The summed E-state index contributed by atoms with van der Waals surface area (Å²) in [6.45, 7) is 6.46. The molecule has 5 nitrogen and oxygen atoms in total. The number of carbonyl (C=O) groups excluding carboxylic acids is 1. The lowest BCUT2D eigenvalue weighted by molar-refractivity contribution is 0.0950. The molecule has 0 radical (unpaired) electrons. The highest BCUT2D eigenvalue weighted by molar-refractivity contribution is 5.96. The molecule has 0 aliphatic carbocycles. The normalized spacial score (nSPS) is 16.5. The van der Waals surface area contributed by atoms with E-state index in [-0.39, 0.29) is 24.1 Å². The standard InChI is InChI=1S/C18H23FN4O.ClH/c1-12-17(18(24)21-10-8-14-7-9-20-11-14)13(2)23(22-12)16-5-3-15(19)4-6-16;/h3-6,14,20H,7-11H2,1-2H3,(H,21,24);1H. The predicted molar refractivity (Wildman–Crippen MR) is 98.2 cm³/mol. The van der Waals surface area contributed by atoms with Gasteiger partial charge < -0.3 is 10.6 Å². The number of hydrogen-bond donors (Lipinski definition) is 2. The van der Waals surface area contributed by atoms with E-state index in [1.54, 1.807) is 16.8 Å². The van der Waals surface area contributed by atoms with Crippen LogP contribution in [0.5, 0.6) is 0 Å². The second-order valence-electron chi connectivity index (χ2n) is 6.34. The molecule has 2 aromatic rings. The Labute approximate surface area is 153 Å². The lowest BCUT2D eigenvalue weighted by atomic mass is 10.1. The summed E-state index contributed by atoms with van der Waals surface area (Å²) >= 11 is 0. The van der Waals surface area contributed by atoms with Crippen molar-refractivity contribution < 1.29 is 9.18 Å². The third kappa shape index (κ3) is 4.38. The molecule has 1 aromatic carbocycles. The van der Waals surface area contributed by atoms with Gasteiger partial charge in [0.05, 0.1) is 22.6 Å². The minimum Gasteiger partial charge on any atom is -0.352 e. The fourth-order valence-electron chi connectivity index (χ4n) is 3.24. The molecule has 25 heavy (non-hydrogen) atoms. The predicted octanol–water partition coefficient (Wildman–Crippen LogP) is 2.78. The van der Waals surface area contributed by atoms with Crippen LogP contribution in [-0.2, 0) is 0 Å². The summed E-state index contributed by atoms with van der Waals surface area (Å²) in [7, 11) is 0. The second kappa shape index (κ2) is 8.45. The average Bonchev–Trinajstić information content (AvgIpc) is 3.16. The lowest BCUT2D eigenvalue weighted by Crippen LogP contribution is -2.27. The molecule has 0 spiro atoms. The van der Waals surface area contributed by atoms with Crippen molar-refractivity contribution in [2.45, 2.75) is 26.7 Å². The summed E-state index contributed by atoms with van der Waals surface area (Å²) in [4.78, 5) is 12.5. The van der Waals surface area contributed by atoms with Crippen molar-refractivity contribution >= 4 is 18.3 Å². The van der Waals surface area contributed by atoms with Crippen molar-refractivity contribution in [1.29, 1.82) is 0 Å². The zero-order valence-electron chi connectivity index (χ0n) is 14.5. The van der Waals surface area contributed by atoms with E-state index in [0.717, 1.165) is 30.9 Å². The third-order valence-corrected chi connectivity index (χ3v) is 4.59. The van der Waals surface area contributed by atoms with Gasteiger partial charge in [0.2, 0.25) is 0 Å². The Balaban J connectivity index is 0.00000225. The Hall–Kier alpha value is -1.92. The zero-order chi connectivity index (χ0) is 17.1. The maximum absolute atomic E-state index is 13.1. The zero-order valence-corrected chi connectivity index (χ0v) is 15.3. The number of amides is 1. The van der Waals surface area contributed by atoms with Gasteiger partial charge in [0, 0.05) is 6.54 Å². The first-order chi connectivity index (χ1) is 11.6.